The van der Waals surface area contributed by atoms with Crippen LogP contribution < -0.4 is 0 Å². The SMILES string of the molecule is OC(F)C(F)C(F)C(F)C(F)C(F)C(F)C(F)CCCCCCCCF. The molecule has 26 heavy (non-hydrogen) atoms. The van der Waals surface area contributed by atoms with E-state index in [0.29, 0.717) is 32.1 Å². The van der Waals surface area contributed by atoms with Gasteiger partial charge in [-0.05, 0) is 12.8 Å². The third kappa shape index (κ3) is 8.81. The van der Waals surface area contributed by atoms with Crippen LogP contribution in [0.4, 0.5) is 39.5 Å². The van der Waals surface area contributed by atoms with Crippen LogP contribution in [0.1, 0.15) is 44.9 Å². The molecule has 0 amide bonds. The lowest BCUT2D eigenvalue weighted by molar-refractivity contribution is -0.0932. The van der Waals surface area contributed by atoms with Crippen molar-refractivity contribution in [3.63, 3.8) is 0 Å². The van der Waals surface area contributed by atoms with Gasteiger partial charge < -0.3 is 5.11 Å². The number of aliphatic hydroxyl groups is 1. The highest BCUT2D eigenvalue weighted by molar-refractivity contribution is 4.91. The predicted molar refractivity (Wildman–Crippen MR) is 79.7 cm³/mol. The van der Waals surface area contributed by atoms with E-state index in [9.17, 15) is 39.5 Å². The van der Waals surface area contributed by atoms with Crippen LogP contribution in [0.5, 0.6) is 0 Å². The molecule has 0 aromatic heterocycles. The first kappa shape index (κ1) is 25.3. The van der Waals surface area contributed by atoms with E-state index >= 15 is 0 Å². The van der Waals surface area contributed by atoms with E-state index in [2.05, 4.69) is 0 Å². The molecule has 0 rings (SSSR count). The first-order chi connectivity index (χ1) is 12.1. The van der Waals surface area contributed by atoms with Crippen LogP contribution in [-0.2, 0) is 0 Å². The molecule has 1 nitrogen and oxygen atoms in total. The van der Waals surface area contributed by atoms with Crippen LogP contribution in [0, 0.1) is 0 Å². The minimum atomic E-state index is -3.61. The third-order valence-corrected chi connectivity index (χ3v) is 3.99. The van der Waals surface area contributed by atoms with Gasteiger partial charge in [0.15, 0.2) is 37.0 Å². The number of unbranched alkanes of at least 4 members (excludes halogenated alkanes) is 5. The van der Waals surface area contributed by atoms with Gasteiger partial charge in [-0.1, -0.05) is 32.1 Å². The Labute approximate surface area is 146 Å². The van der Waals surface area contributed by atoms with Gasteiger partial charge in [-0.2, -0.15) is 0 Å². The lowest BCUT2D eigenvalue weighted by atomic mass is 9.97. The summed E-state index contributed by atoms with van der Waals surface area (Å²) in [7, 11) is 0. The molecule has 0 aromatic rings. The van der Waals surface area contributed by atoms with E-state index in [1.807, 2.05) is 0 Å². The average Bonchev–Trinajstić information content (AvgIpc) is 2.63. The van der Waals surface area contributed by atoms with E-state index in [1.165, 1.54) is 0 Å². The molecule has 0 aliphatic rings. The molecule has 0 bridgehead atoms. The highest BCUT2D eigenvalue weighted by atomic mass is 19.2. The minimum absolute atomic E-state index is 0.131. The fraction of sp³-hybridized carbons (Fsp3) is 1.00. The van der Waals surface area contributed by atoms with Gasteiger partial charge in [-0.3, -0.25) is 4.39 Å². The van der Waals surface area contributed by atoms with Crippen LogP contribution in [0.15, 0.2) is 0 Å². The molecule has 0 aliphatic heterocycles. The quantitative estimate of drug-likeness (QED) is 0.289. The van der Waals surface area contributed by atoms with Crippen LogP contribution in [0.3, 0.4) is 0 Å². The molecule has 0 saturated heterocycles. The third-order valence-electron chi connectivity index (χ3n) is 3.99. The smallest absolute Gasteiger partial charge is 0.231 e. The molecule has 0 spiro atoms. The maximum Gasteiger partial charge on any atom is 0.231 e. The molecule has 0 saturated carbocycles. The Balaban J connectivity index is 4.30. The molecule has 0 fully saturated rings. The number of rotatable bonds is 15. The molecule has 158 valence electrons. The van der Waals surface area contributed by atoms with Crippen molar-refractivity contribution in [2.75, 3.05) is 6.67 Å². The molecule has 8 atom stereocenters. The van der Waals surface area contributed by atoms with E-state index in [4.69, 9.17) is 5.11 Å². The Hall–Kier alpha value is -0.670. The van der Waals surface area contributed by atoms with E-state index in [0.717, 1.165) is 0 Å². The second kappa shape index (κ2) is 13.5. The number of alkyl halides is 9. The second-order valence-electron chi connectivity index (χ2n) is 6.15. The van der Waals surface area contributed by atoms with E-state index < -0.39 is 62.7 Å². The van der Waals surface area contributed by atoms with Crippen molar-refractivity contribution in [3.05, 3.63) is 0 Å². The average molecular weight is 404 g/mol. The molecular formula is C16H25F9O. The largest absolute Gasteiger partial charge is 0.362 e. The summed E-state index contributed by atoms with van der Waals surface area (Å²) < 4.78 is 117. The summed E-state index contributed by atoms with van der Waals surface area (Å²) in [5, 5.41) is 8.13. The van der Waals surface area contributed by atoms with Gasteiger partial charge in [-0.25, -0.2) is 35.1 Å². The van der Waals surface area contributed by atoms with Gasteiger partial charge in [0, 0.05) is 0 Å². The summed E-state index contributed by atoms with van der Waals surface area (Å²) in [6.45, 7) is -0.443. The monoisotopic (exact) mass is 404 g/mol. The number of hydrogen-bond acceptors (Lipinski definition) is 1. The van der Waals surface area contributed by atoms with Crippen LogP contribution in [0.2, 0.25) is 0 Å². The lowest BCUT2D eigenvalue weighted by Crippen LogP contribution is -2.46. The molecule has 0 heterocycles. The zero-order valence-electron chi connectivity index (χ0n) is 14.1. The zero-order valence-corrected chi connectivity index (χ0v) is 14.1. The molecule has 0 radical (unpaired) electrons. The van der Waals surface area contributed by atoms with E-state index in [1.54, 1.807) is 0 Å². The Morgan fingerprint density at radius 3 is 1.35 bits per heavy atom. The van der Waals surface area contributed by atoms with Gasteiger partial charge in [0.25, 0.3) is 0 Å². The number of aliphatic hydroxyl groups excluding tert-OH is 1. The summed E-state index contributed by atoms with van der Waals surface area (Å²) in [6, 6.07) is 0. The molecule has 1 N–H and O–H groups in total. The second-order valence-corrected chi connectivity index (χ2v) is 6.15. The lowest BCUT2D eigenvalue weighted by Gasteiger charge is -2.25. The van der Waals surface area contributed by atoms with Crippen molar-refractivity contribution in [3.8, 4) is 0 Å². The summed E-state index contributed by atoms with van der Waals surface area (Å²) in [5.41, 5.74) is 0. The highest BCUT2D eigenvalue weighted by Crippen LogP contribution is 2.28. The van der Waals surface area contributed by atoms with E-state index in [-0.39, 0.29) is 6.42 Å². The van der Waals surface area contributed by atoms with Gasteiger partial charge in [0.1, 0.15) is 6.17 Å². The standard InChI is InChI=1S/C16H25F9O/c17-8-6-4-2-1-3-5-7-9(18)10(19)11(20)12(21)13(22)14(23)15(24)16(25)26/h9-16,26H,1-8H2. The Morgan fingerprint density at radius 1 is 0.500 bits per heavy atom. The van der Waals surface area contributed by atoms with Crippen LogP contribution in [0.25, 0.3) is 0 Å². The Morgan fingerprint density at radius 2 is 0.885 bits per heavy atom. The number of hydrogen-bond donors (Lipinski definition) is 1. The fourth-order valence-electron chi connectivity index (χ4n) is 2.35. The highest BCUT2D eigenvalue weighted by Gasteiger charge is 2.46. The van der Waals surface area contributed by atoms with Gasteiger partial charge in [0.2, 0.25) is 6.36 Å². The van der Waals surface area contributed by atoms with Gasteiger partial charge in [-0.15, -0.1) is 0 Å². The van der Waals surface area contributed by atoms with Crippen molar-refractivity contribution < 1.29 is 44.6 Å². The molecule has 0 aromatic carbocycles. The molecule has 0 aliphatic carbocycles. The maximum atomic E-state index is 13.6. The summed E-state index contributed by atoms with van der Waals surface area (Å²) in [5.74, 6) is 0. The first-order valence-electron chi connectivity index (χ1n) is 8.51. The summed E-state index contributed by atoms with van der Waals surface area (Å²) in [4.78, 5) is 0. The predicted octanol–water partition coefficient (Wildman–Crippen LogP) is 5.34. The minimum Gasteiger partial charge on any atom is -0.362 e. The van der Waals surface area contributed by atoms with Gasteiger partial charge >= 0.3 is 0 Å². The van der Waals surface area contributed by atoms with Crippen molar-refractivity contribution in [1.82, 2.24) is 0 Å². The van der Waals surface area contributed by atoms with Crippen molar-refractivity contribution >= 4 is 0 Å². The molecule has 8 unspecified atom stereocenters. The topological polar surface area (TPSA) is 20.2 Å². The van der Waals surface area contributed by atoms with Gasteiger partial charge in [0.05, 0.1) is 6.67 Å². The zero-order chi connectivity index (χ0) is 20.3. The van der Waals surface area contributed by atoms with Crippen LogP contribution in [-0.4, -0.2) is 61.3 Å². The molecule has 10 heteroatoms. The maximum absolute atomic E-state index is 13.6. The number of halogens is 9. The van der Waals surface area contributed by atoms with Crippen molar-refractivity contribution in [2.45, 2.75) is 94.5 Å². The Bertz CT molecular complexity index is 348. The Kier molecular flexibility index (Phi) is 13.1. The fourth-order valence-corrected chi connectivity index (χ4v) is 2.35. The molecular weight excluding hydrogens is 379 g/mol. The van der Waals surface area contributed by atoms with Crippen molar-refractivity contribution in [2.24, 2.45) is 0 Å². The summed E-state index contributed by atoms with van der Waals surface area (Å²) in [6.07, 6.45) is -24.2. The van der Waals surface area contributed by atoms with Crippen LogP contribution >= 0.6 is 0 Å². The normalized spacial score (nSPS) is 21.5. The summed E-state index contributed by atoms with van der Waals surface area (Å²) >= 11 is 0. The first-order valence-corrected chi connectivity index (χ1v) is 8.51. The van der Waals surface area contributed by atoms with Crippen molar-refractivity contribution in [1.29, 1.82) is 0 Å².